The lowest BCUT2D eigenvalue weighted by Gasteiger charge is -2.20. The molecule has 1 fully saturated rings. The van der Waals surface area contributed by atoms with Gasteiger partial charge >= 0.3 is 0 Å². The van der Waals surface area contributed by atoms with Crippen molar-refractivity contribution in [3.05, 3.63) is 12.2 Å². The van der Waals surface area contributed by atoms with E-state index in [1.165, 1.54) is 32.1 Å². The van der Waals surface area contributed by atoms with E-state index in [1.807, 2.05) is 0 Å². The molecule has 1 heterocycles. The Balaban J connectivity index is 1.89. The van der Waals surface area contributed by atoms with Crippen LogP contribution >= 0.6 is 0 Å². The first-order chi connectivity index (χ1) is 11.2. The first kappa shape index (κ1) is 20.6. The maximum absolute atomic E-state index is 9.87. The van der Waals surface area contributed by atoms with Crippen LogP contribution in [0.1, 0.15) is 58.3 Å². The Bertz CT molecular complexity index is 308. The highest BCUT2D eigenvalue weighted by Gasteiger charge is 2.39. The third-order valence-corrected chi connectivity index (χ3v) is 4.16. The quantitative estimate of drug-likeness (QED) is 0.356. The Kier molecular flexibility index (Phi) is 11.5. The number of unbranched alkanes of at least 4 members (excludes halogenated alkanes) is 6. The van der Waals surface area contributed by atoms with Gasteiger partial charge in [-0.1, -0.05) is 44.8 Å². The summed E-state index contributed by atoms with van der Waals surface area (Å²) in [4.78, 5) is 0. The summed E-state index contributed by atoms with van der Waals surface area (Å²) >= 11 is 0. The van der Waals surface area contributed by atoms with Gasteiger partial charge in [0.1, 0.15) is 24.4 Å². The van der Waals surface area contributed by atoms with Gasteiger partial charge in [-0.2, -0.15) is 0 Å². The minimum Gasteiger partial charge on any atom is -0.388 e. The van der Waals surface area contributed by atoms with Gasteiger partial charge in [-0.3, -0.25) is 0 Å². The highest BCUT2D eigenvalue weighted by Crippen LogP contribution is 2.17. The Hall–Kier alpha value is -0.460. The van der Waals surface area contributed by atoms with Gasteiger partial charge in [-0.15, -0.1) is 0 Å². The Labute approximate surface area is 140 Å². The van der Waals surface area contributed by atoms with Gasteiger partial charge in [-0.05, 0) is 25.7 Å². The monoisotopic (exact) mass is 330 g/mol. The third kappa shape index (κ3) is 8.82. The van der Waals surface area contributed by atoms with E-state index >= 15 is 0 Å². The second-order valence-electron chi connectivity index (χ2n) is 6.31. The molecule has 0 radical (unpaired) electrons. The minimum atomic E-state index is -1.03. The van der Waals surface area contributed by atoms with E-state index in [2.05, 4.69) is 19.1 Å². The average Bonchev–Trinajstić information content (AvgIpc) is 2.88. The molecule has 3 N–H and O–H groups in total. The first-order valence-corrected chi connectivity index (χ1v) is 9.05. The highest BCUT2D eigenvalue weighted by molar-refractivity contribution is 4.87. The van der Waals surface area contributed by atoms with Crippen LogP contribution in [0.5, 0.6) is 0 Å². The van der Waals surface area contributed by atoms with Crippen molar-refractivity contribution in [3.8, 4) is 0 Å². The fourth-order valence-corrected chi connectivity index (χ4v) is 2.64. The van der Waals surface area contributed by atoms with Crippen LogP contribution in [-0.2, 0) is 9.47 Å². The summed E-state index contributed by atoms with van der Waals surface area (Å²) in [5.74, 6) is 0. The number of rotatable bonds is 13. The van der Waals surface area contributed by atoms with Crippen LogP contribution in [0.15, 0.2) is 12.2 Å². The fraction of sp³-hybridized carbons (Fsp3) is 0.889. The topological polar surface area (TPSA) is 79.2 Å². The van der Waals surface area contributed by atoms with E-state index in [1.54, 1.807) is 0 Å². The molecule has 0 aliphatic carbocycles. The summed E-state index contributed by atoms with van der Waals surface area (Å²) in [6, 6.07) is 0. The average molecular weight is 330 g/mol. The van der Waals surface area contributed by atoms with Crippen molar-refractivity contribution in [3.63, 3.8) is 0 Å². The normalized spacial score (nSPS) is 26.2. The Morgan fingerprint density at radius 3 is 2.43 bits per heavy atom. The van der Waals surface area contributed by atoms with E-state index in [4.69, 9.17) is 9.47 Å². The van der Waals surface area contributed by atoms with Crippen molar-refractivity contribution in [2.24, 2.45) is 0 Å². The second kappa shape index (κ2) is 12.9. The van der Waals surface area contributed by atoms with Crippen LogP contribution in [0, 0.1) is 0 Å². The fourth-order valence-electron chi connectivity index (χ4n) is 2.64. The minimum absolute atomic E-state index is 0.0653. The van der Waals surface area contributed by atoms with Crippen molar-refractivity contribution in [1.82, 2.24) is 0 Å². The summed E-state index contributed by atoms with van der Waals surface area (Å²) in [7, 11) is 0. The van der Waals surface area contributed by atoms with Crippen LogP contribution in [0.25, 0.3) is 0 Å². The Morgan fingerprint density at radius 2 is 1.78 bits per heavy atom. The highest BCUT2D eigenvalue weighted by atomic mass is 16.5. The van der Waals surface area contributed by atoms with Crippen molar-refractivity contribution in [2.45, 2.75) is 82.7 Å². The van der Waals surface area contributed by atoms with Gasteiger partial charge in [0.25, 0.3) is 0 Å². The number of ether oxygens (including phenoxy) is 2. The molecule has 1 saturated heterocycles. The van der Waals surface area contributed by atoms with Crippen molar-refractivity contribution in [2.75, 3.05) is 19.8 Å². The molecule has 0 unspecified atom stereocenters. The van der Waals surface area contributed by atoms with Gasteiger partial charge in [0.15, 0.2) is 0 Å². The molecule has 0 spiro atoms. The number of aliphatic hydroxyl groups is 3. The van der Waals surface area contributed by atoms with Gasteiger partial charge in [0.2, 0.25) is 0 Å². The summed E-state index contributed by atoms with van der Waals surface area (Å²) in [6.45, 7) is 3.01. The Morgan fingerprint density at radius 1 is 1.09 bits per heavy atom. The molecule has 23 heavy (non-hydrogen) atoms. The predicted molar refractivity (Wildman–Crippen MR) is 90.3 cm³/mol. The molecule has 1 aliphatic heterocycles. The lowest BCUT2D eigenvalue weighted by molar-refractivity contribution is -0.0813. The van der Waals surface area contributed by atoms with Gasteiger partial charge in [0.05, 0.1) is 13.2 Å². The second-order valence-corrected chi connectivity index (χ2v) is 6.31. The molecular weight excluding hydrogens is 296 g/mol. The molecule has 136 valence electrons. The molecule has 0 aromatic carbocycles. The molecule has 0 amide bonds. The van der Waals surface area contributed by atoms with E-state index < -0.39 is 24.4 Å². The zero-order valence-electron chi connectivity index (χ0n) is 14.4. The van der Waals surface area contributed by atoms with E-state index in [0.717, 1.165) is 19.3 Å². The standard InChI is InChI=1S/C18H34O5/c1-2-3-4-5-6-7-8-9-10-11-12-22-13-16(20)18-17(21)15(19)14-23-18/h5-6,15-21H,2-4,7-14H2,1H3/b6-5+/t15-,16+,17+,18+/m1/s1. The van der Waals surface area contributed by atoms with E-state index in [0.29, 0.717) is 6.61 Å². The number of aliphatic hydroxyl groups excluding tert-OH is 3. The summed E-state index contributed by atoms with van der Waals surface area (Å²) in [5, 5.41) is 28.9. The first-order valence-electron chi connectivity index (χ1n) is 9.05. The molecule has 0 saturated carbocycles. The molecule has 4 atom stereocenters. The van der Waals surface area contributed by atoms with Gasteiger partial charge in [-0.25, -0.2) is 0 Å². The summed E-state index contributed by atoms with van der Waals surface area (Å²) in [5.41, 5.74) is 0. The summed E-state index contributed by atoms with van der Waals surface area (Å²) in [6.07, 6.45) is 10.4. The largest absolute Gasteiger partial charge is 0.388 e. The maximum atomic E-state index is 9.87. The van der Waals surface area contributed by atoms with Crippen LogP contribution in [-0.4, -0.2) is 59.6 Å². The van der Waals surface area contributed by atoms with Gasteiger partial charge < -0.3 is 24.8 Å². The molecule has 5 heteroatoms. The lowest BCUT2D eigenvalue weighted by atomic mass is 10.1. The molecule has 0 aromatic heterocycles. The molecule has 1 aliphatic rings. The van der Waals surface area contributed by atoms with Crippen LogP contribution in [0.4, 0.5) is 0 Å². The number of hydrogen-bond donors (Lipinski definition) is 3. The molecule has 5 nitrogen and oxygen atoms in total. The SMILES string of the molecule is CCCC/C=C/CCCCCCOC[C@H](O)[C@@H]1OC[C@@H](O)[C@@H]1O. The molecule has 1 rings (SSSR count). The smallest absolute Gasteiger partial charge is 0.114 e. The van der Waals surface area contributed by atoms with Crippen molar-refractivity contribution >= 4 is 0 Å². The predicted octanol–water partition coefficient (Wildman–Crippen LogP) is 2.18. The van der Waals surface area contributed by atoms with Crippen LogP contribution < -0.4 is 0 Å². The van der Waals surface area contributed by atoms with E-state index in [9.17, 15) is 15.3 Å². The van der Waals surface area contributed by atoms with Gasteiger partial charge in [0, 0.05) is 6.61 Å². The van der Waals surface area contributed by atoms with E-state index in [-0.39, 0.29) is 13.2 Å². The van der Waals surface area contributed by atoms with Crippen molar-refractivity contribution in [1.29, 1.82) is 0 Å². The third-order valence-electron chi connectivity index (χ3n) is 4.16. The molecule has 0 aromatic rings. The lowest BCUT2D eigenvalue weighted by Crippen LogP contribution is -2.40. The van der Waals surface area contributed by atoms with Crippen LogP contribution in [0.2, 0.25) is 0 Å². The number of hydrogen-bond acceptors (Lipinski definition) is 5. The van der Waals surface area contributed by atoms with Crippen LogP contribution in [0.3, 0.4) is 0 Å². The maximum Gasteiger partial charge on any atom is 0.114 e. The zero-order valence-corrected chi connectivity index (χ0v) is 14.4. The number of allylic oxidation sites excluding steroid dienone is 2. The molecular formula is C18H34O5. The zero-order chi connectivity index (χ0) is 16.9. The molecule has 0 bridgehead atoms. The van der Waals surface area contributed by atoms with Crippen molar-refractivity contribution < 1.29 is 24.8 Å². The summed E-state index contributed by atoms with van der Waals surface area (Å²) < 4.78 is 10.6.